The van der Waals surface area contributed by atoms with Crippen LogP contribution in [-0.2, 0) is 14.2 Å². The van der Waals surface area contributed by atoms with Crippen molar-refractivity contribution in [2.45, 2.75) is 70.3 Å². The van der Waals surface area contributed by atoms with Crippen molar-refractivity contribution < 1.29 is 27.8 Å². The largest absolute Gasteiger partial charge is 0.443 e. The summed E-state index contributed by atoms with van der Waals surface area (Å²) in [7, 11) is 0. The highest BCUT2D eigenvalue weighted by Crippen LogP contribution is 2.47. The summed E-state index contributed by atoms with van der Waals surface area (Å²) in [6.45, 7) is 7.76. The van der Waals surface area contributed by atoms with E-state index in [9.17, 15) is 13.6 Å². The maximum Gasteiger partial charge on any atom is 0.410 e. The highest BCUT2D eigenvalue weighted by Gasteiger charge is 2.51. The van der Waals surface area contributed by atoms with E-state index >= 15 is 0 Å². The van der Waals surface area contributed by atoms with Gasteiger partial charge >= 0.3 is 6.09 Å². The standard InChI is InChI=1S/C22H29F2NO4/c1-15(17-5-4-16(23)12-18(17)24)25-11-10-21(29-19(25)26)6-8-22(9-7-21)27-13-20(2,3)14-28-22/h4-5,12,15H,6-11,13-14H2,1-3H3/t15-/m0/s1. The second-order valence-electron chi connectivity index (χ2n) is 9.49. The third-order valence-electron chi connectivity index (χ3n) is 6.60. The maximum atomic E-state index is 14.1. The van der Waals surface area contributed by atoms with Crippen molar-refractivity contribution in [3.63, 3.8) is 0 Å². The van der Waals surface area contributed by atoms with Gasteiger partial charge in [0.1, 0.15) is 17.2 Å². The molecule has 3 aliphatic rings. The van der Waals surface area contributed by atoms with Crippen LogP contribution in [0.25, 0.3) is 0 Å². The van der Waals surface area contributed by atoms with Gasteiger partial charge in [-0.1, -0.05) is 19.9 Å². The minimum absolute atomic E-state index is 0.0178. The lowest BCUT2D eigenvalue weighted by molar-refractivity contribution is -0.320. The number of amides is 1. The smallest absolute Gasteiger partial charge is 0.410 e. The fourth-order valence-electron chi connectivity index (χ4n) is 4.53. The topological polar surface area (TPSA) is 48.0 Å². The molecule has 4 rings (SSSR count). The Labute approximate surface area is 170 Å². The summed E-state index contributed by atoms with van der Waals surface area (Å²) >= 11 is 0. The zero-order valence-electron chi connectivity index (χ0n) is 17.3. The number of benzene rings is 1. The SMILES string of the molecule is C[C@@H](c1ccc(F)cc1F)N1CCC2(CCC3(CC2)OCC(C)(C)CO3)OC1=O. The zero-order valence-corrected chi connectivity index (χ0v) is 17.3. The molecule has 1 amide bonds. The van der Waals surface area contributed by atoms with E-state index in [1.807, 2.05) is 0 Å². The molecule has 0 unspecified atom stereocenters. The molecule has 2 saturated heterocycles. The quantitative estimate of drug-likeness (QED) is 0.693. The summed E-state index contributed by atoms with van der Waals surface area (Å²) in [4.78, 5) is 14.3. The Morgan fingerprint density at radius 1 is 1.03 bits per heavy atom. The van der Waals surface area contributed by atoms with Crippen LogP contribution in [0.5, 0.6) is 0 Å². The predicted octanol–water partition coefficient (Wildman–Crippen LogP) is 4.95. The molecule has 1 aliphatic carbocycles. The summed E-state index contributed by atoms with van der Waals surface area (Å²) in [5, 5.41) is 0. The molecule has 0 aromatic heterocycles. The summed E-state index contributed by atoms with van der Waals surface area (Å²) in [5.74, 6) is -1.85. The maximum absolute atomic E-state index is 14.1. The molecule has 0 radical (unpaired) electrons. The molecule has 2 aliphatic heterocycles. The summed E-state index contributed by atoms with van der Waals surface area (Å²) in [6.07, 6.45) is 2.98. The Kier molecular flexibility index (Phi) is 5.10. The van der Waals surface area contributed by atoms with Gasteiger partial charge in [0.2, 0.25) is 0 Å². The van der Waals surface area contributed by atoms with Gasteiger partial charge in [-0.15, -0.1) is 0 Å². The first-order valence-corrected chi connectivity index (χ1v) is 10.4. The number of hydrogen-bond donors (Lipinski definition) is 0. The third-order valence-corrected chi connectivity index (χ3v) is 6.60. The Bertz CT molecular complexity index is 777. The van der Waals surface area contributed by atoms with E-state index in [1.165, 1.54) is 17.0 Å². The van der Waals surface area contributed by atoms with Crippen LogP contribution >= 0.6 is 0 Å². The van der Waals surface area contributed by atoms with E-state index in [4.69, 9.17) is 14.2 Å². The highest BCUT2D eigenvalue weighted by molar-refractivity contribution is 5.70. The van der Waals surface area contributed by atoms with Crippen LogP contribution in [0.15, 0.2) is 18.2 Å². The van der Waals surface area contributed by atoms with Crippen LogP contribution < -0.4 is 0 Å². The Morgan fingerprint density at radius 3 is 2.28 bits per heavy atom. The summed E-state index contributed by atoms with van der Waals surface area (Å²) in [6, 6.07) is 2.91. The third kappa shape index (κ3) is 3.99. The van der Waals surface area contributed by atoms with E-state index in [-0.39, 0.29) is 11.0 Å². The van der Waals surface area contributed by atoms with Crippen LogP contribution in [0, 0.1) is 17.0 Å². The fourth-order valence-corrected chi connectivity index (χ4v) is 4.53. The number of rotatable bonds is 2. The van der Waals surface area contributed by atoms with E-state index < -0.39 is 35.2 Å². The molecule has 0 N–H and O–H groups in total. The van der Waals surface area contributed by atoms with Gasteiger partial charge in [0.25, 0.3) is 0 Å². The van der Waals surface area contributed by atoms with Crippen molar-refractivity contribution in [3.8, 4) is 0 Å². The summed E-state index contributed by atoms with van der Waals surface area (Å²) in [5.41, 5.74) is -0.211. The average Bonchev–Trinajstić information content (AvgIpc) is 2.67. The van der Waals surface area contributed by atoms with Gasteiger partial charge in [0, 0.05) is 42.9 Å². The number of ether oxygens (including phenoxy) is 3. The van der Waals surface area contributed by atoms with Crippen molar-refractivity contribution in [2.24, 2.45) is 5.41 Å². The van der Waals surface area contributed by atoms with Crippen LogP contribution in [0.4, 0.5) is 13.6 Å². The van der Waals surface area contributed by atoms with Gasteiger partial charge < -0.3 is 19.1 Å². The molecule has 29 heavy (non-hydrogen) atoms. The predicted molar refractivity (Wildman–Crippen MR) is 102 cm³/mol. The molecule has 3 fully saturated rings. The molecule has 1 aromatic rings. The second kappa shape index (κ2) is 7.20. The van der Waals surface area contributed by atoms with E-state index in [2.05, 4.69) is 13.8 Å². The Hall–Kier alpha value is -1.73. The lowest BCUT2D eigenvalue weighted by atomic mass is 9.77. The molecule has 1 atom stereocenters. The molecule has 2 heterocycles. The molecular formula is C22H29F2NO4. The van der Waals surface area contributed by atoms with Gasteiger partial charge in [-0.05, 0) is 25.8 Å². The molecule has 1 saturated carbocycles. The molecule has 160 valence electrons. The first-order chi connectivity index (χ1) is 13.6. The van der Waals surface area contributed by atoms with Crippen molar-refractivity contribution in [2.75, 3.05) is 19.8 Å². The Balaban J connectivity index is 1.39. The molecule has 1 aromatic carbocycles. The zero-order chi connectivity index (χ0) is 20.9. The van der Waals surface area contributed by atoms with Gasteiger partial charge in [0.05, 0.1) is 19.3 Å². The average molecular weight is 409 g/mol. The van der Waals surface area contributed by atoms with Crippen molar-refractivity contribution in [1.29, 1.82) is 0 Å². The van der Waals surface area contributed by atoms with E-state index in [0.29, 0.717) is 51.9 Å². The number of hydrogen-bond acceptors (Lipinski definition) is 4. The fraction of sp³-hybridized carbons (Fsp3) is 0.682. The molecule has 0 bridgehead atoms. The Morgan fingerprint density at radius 2 is 1.69 bits per heavy atom. The van der Waals surface area contributed by atoms with Crippen LogP contribution in [0.1, 0.15) is 64.5 Å². The lowest BCUT2D eigenvalue weighted by Gasteiger charge is -2.51. The van der Waals surface area contributed by atoms with Crippen LogP contribution in [0.3, 0.4) is 0 Å². The minimum atomic E-state index is -0.653. The molecular weight excluding hydrogens is 380 g/mol. The first-order valence-electron chi connectivity index (χ1n) is 10.4. The normalized spacial score (nSPS) is 26.4. The van der Waals surface area contributed by atoms with Gasteiger partial charge in [-0.3, -0.25) is 0 Å². The highest BCUT2D eigenvalue weighted by atomic mass is 19.1. The van der Waals surface area contributed by atoms with Crippen LogP contribution in [-0.4, -0.2) is 42.1 Å². The van der Waals surface area contributed by atoms with E-state index in [1.54, 1.807) is 6.92 Å². The monoisotopic (exact) mass is 409 g/mol. The molecule has 7 heteroatoms. The molecule has 5 nitrogen and oxygen atoms in total. The van der Waals surface area contributed by atoms with Gasteiger partial charge in [-0.25, -0.2) is 13.6 Å². The van der Waals surface area contributed by atoms with Crippen molar-refractivity contribution >= 4 is 6.09 Å². The van der Waals surface area contributed by atoms with Crippen molar-refractivity contribution in [3.05, 3.63) is 35.4 Å². The number of carbonyl (C=O) groups excluding carboxylic acids is 1. The number of carbonyl (C=O) groups is 1. The first kappa shape index (κ1) is 20.5. The van der Waals surface area contributed by atoms with Crippen molar-refractivity contribution in [1.82, 2.24) is 4.90 Å². The minimum Gasteiger partial charge on any atom is -0.443 e. The van der Waals surface area contributed by atoms with Gasteiger partial charge in [0.15, 0.2) is 5.79 Å². The van der Waals surface area contributed by atoms with Gasteiger partial charge in [-0.2, -0.15) is 0 Å². The number of nitrogens with zero attached hydrogens (tertiary/aromatic N) is 1. The summed E-state index contributed by atoms with van der Waals surface area (Å²) < 4.78 is 45.4. The second-order valence-corrected chi connectivity index (χ2v) is 9.49. The van der Waals surface area contributed by atoms with Crippen LogP contribution in [0.2, 0.25) is 0 Å². The van der Waals surface area contributed by atoms with E-state index in [0.717, 1.165) is 6.07 Å². The molecule has 2 spiro atoms. The lowest BCUT2D eigenvalue weighted by Crippen LogP contribution is -2.56. The number of halogens is 2.